The number of para-hydroxylation sites is 1. The van der Waals surface area contributed by atoms with Crippen molar-refractivity contribution >= 4 is 23.2 Å². The molecule has 43 heavy (non-hydrogen) atoms. The quantitative estimate of drug-likeness (QED) is 0.283. The maximum atomic E-state index is 14.5. The fraction of sp³-hybridized carbons (Fsp3) is 0.571. The molecule has 8 heteroatoms. The van der Waals surface area contributed by atoms with Crippen LogP contribution in [-0.4, -0.2) is 50.2 Å². The molecule has 1 aromatic heterocycles. The van der Waals surface area contributed by atoms with Gasteiger partial charge in [0.25, 0.3) is 0 Å². The van der Waals surface area contributed by atoms with Gasteiger partial charge in [0.05, 0.1) is 5.92 Å². The number of amides is 1. The number of hydrogen-bond donors (Lipinski definition) is 2. The number of carbonyl (C=O) groups is 1. The van der Waals surface area contributed by atoms with Crippen LogP contribution in [0.5, 0.6) is 0 Å². The number of anilines is 1. The van der Waals surface area contributed by atoms with Gasteiger partial charge in [-0.25, -0.2) is 4.98 Å². The normalized spacial score (nSPS) is 25.3. The second-order valence-electron chi connectivity index (χ2n) is 13.5. The summed E-state index contributed by atoms with van der Waals surface area (Å²) in [4.78, 5) is 20.9. The van der Waals surface area contributed by atoms with Crippen molar-refractivity contribution in [1.82, 2.24) is 19.7 Å². The van der Waals surface area contributed by atoms with Gasteiger partial charge >= 0.3 is 0 Å². The molecule has 0 bridgehead atoms. The lowest BCUT2D eigenvalue weighted by atomic mass is 9.63. The van der Waals surface area contributed by atoms with Crippen LogP contribution in [0.15, 0.2) is 67.3 Å². The molecule has 0 radical (unpaired) electrons. The Kier molecular flexibility index (Phi) is 9.39. The Labute approximate surface area is 261 Å². The topological polar surface area (TPSA) is 89.1 Å². The third-order valence-corrected chi connectivity index (χ3v) is 11.1. The molecule has 2 heterocycles. The van der Waals surface area contributed by atoms with E-state index in [0.29, 0.717) is 23.4 Å². The summed E-state index contributed by atoms with van der Waals surface area (Å²) < 4.78 is 2.02. The zero-order valence-electron chi connectivity index (χ0n) is 25.3. The molecule has 2 saturated carbocycles. The molecule has 1 saturated heterocycles. The monoisotopic (exact) mass is 602 g/mol. The van der Waals surface area contributed by atoms with Gasteiger partial charge in [-0.05, 0) is 98.9 Å². The van der Waals surface area contributed by atoms with Crippen molar-refractivity contribution < 1.29 is 4.79 Å². The van der Waals surface area contributed by atoms with Crippen LogP contribution in [0.1, 0.15) is 76.2 Å². The summed E-state index contributed by atoms with van der Waals surface area (Å²) in [6, 6.07) is 18.7. The second kappa shape index (κ2) is 13.4. The number of likely N-dealkylation sites (tertiary alicyclic amines) is 1. The van der Waals surface area contributed by atoms with E-state index in [-0.39, 0.29) is 17.2 Å². The molecule has 0 spiro atoms. The largest absolute Gasteiger partial charge is 0.382 e. The standard InChI is InChI=1S/C35H47ClN6O/c36-29-13-11-27(12-14-29)23-32(35(37)17-15-31(16-18-35)40-30-9-5-2-6-10-30)33(43)41-21-19-34(20-22-41,24-42-26-38-25-39-42)28-7-3-1-4-8-28/h2,5-6,9-14,25-26,28,31-32,40H,1,3-4,7-8,15-24,37H2/t31?,32-,35?/m0/s1. The minimum absolute atomic E-state index is 0.165. The van der Waals surface area contributed by atoms with E-state index in [2.05, 4.69) is 56.7 Å². The van der Waals surface area contributed by atoms with Crippen molar-refractivity contribution in [2.75, 3.05) is 18.4 Å². The van der Waals surface area contributed by atoms with Crippen molar-refractivity contribution in [1.29, 1.82) is 0 Å². The first-order valence-electron chi connectivity index (χ1n) is 16.4. The molecule has 1 atom stereocenters. The Morgan fingerprint density at radius 2 is 1.65 bits per heavy atom. The van der Waals surface area contributed by atoms with Crippen molar-refractivity contribution in [2.45, 2.75) is 95.2 Å². The number of piperidine rings is 1. The second-order valence-corrected chi connectivity index (χ2v) is 14.0. The third-order valence-electron chi connectivity index (χ3n) is 10.9. The van der Waals surface area contributed by atoms with Gasteiger partial charge in [-0.1, -0.05) is 61.2 Å². The minimum Gasteiger partial charge on any atom is -0.382 e. The lowest BCUT2D eigenvalue weighted by molar-refractivity contribution is -0.142. The highest BCUT2D eigenvalue weighted by molar-refractivity contribution is 6.30. The van der Waals surface area contributed by atoms with Crippen LogP contribution in [0.4, 0.5) is 5.69 Å². The number of nitrogens with two attached hydrogens (primary N) is 1. The molecule has 6 rings (SSSR count). The van der Waals surface area contributed by atoms with Crippen molar-refractivity contribution in [3.63, 3.8) is 0 Å². The van der Waals surface area contributed by atoms with E-state index in [0.717, 1.165) is 69.4 Å². The van der Waals surface area contributed by atoms with E-state index < -0.39 is 5.54 Å². The lowest BCUT2D eigenvalue weighted by Crippen LogP contribution is -2.59. The first-order valence-corrected chi connectivity index (χ1v) is 16.8. The van der Waals surface area contributed by atoms with Crippen molar-refractivity contribution in [2.24, 2.45) is 23.0 Å². The van der Waals surface area contributed by atoms with E-state index >= 15 is 0 Å². The number of rotatable bonds is 9. The van der Waals surface area contributed by atoms with Crippen LogP contribution in [0, 0.1) is 17.3 Å². The summed E-state index contributed by atoms with van der Waals surface area (Å²) in [6.45, 7) is 2.47. The van der Waals surface area contributed by atoms with E-state index in [1.54, 1.807) is 6.33 Å². The number of hydrogen-bond acceptors (Lipinski definition) is 5. The molecule has 3 fully saturated rings. The fourth-order valence-electron chi connectivity index (χ4n) is 8.25. The number of carbonyl (C=O) groups excluding carboxylic acids is 1. The Morgan fingerprint density at radius 1 is 0.953 bits per heavy atom. The van der Waals surface area contributed by atoms with Gasteiger partial charge in [0.2, 0.25) is 5.91 Å². The molecule has 2 aliphatic carbocycles. The number of nitrogens with one attached hydrogen (secondary N) is 1. The molecule has 1 amide bonds. The summed E-state index contributed by atoms with van der Waals surface area (Å²) in [7, 11) is 0. The molecule has 3 N–H and O–H groups in total. The van der Waals surface area contributed by atoms with Crippen LogP contribution in [0.3, 0.4) is 0 Å². The van der Waals surface area contributed by atoms with E-state index in [1.807, 2.05) is 29.2 Å². The zero-order chi connectivity index (χ0) is 29.7. The third kappa shape index (κ3) is 7.09. The maximum absolute atomic E-state index is 14.5. The average Bonchev–Trinajstić information content (AvgIpc) is 3.56. The van der Waals surface area contributed by atoms with Crippen LogP contribution in [-0.2, 0) is 17.8 Å². The summed E-state index contributed by atoms with van der Waals surface area (Å²) in [5.41, 5.74) is 9.18. The fourth-order valence-corrected chi connectivity index (χ4v) is 8.38. The summed E-state index contributed by atoms with van der Waals surface area (Å²) in [5, 5.41) is 8.88. The zero-order valence-corrected chi connectivity index (χ0v) is 26.1. The van der Waals surface area contributed by atoms with Crippen LogP contribution >= 0.6 is 11.6 Å². The predicted molar refractivity (Wildman–Crippen MR) is 173 cm³/mol. The SMILES string of the molecule is NC1([C@@H](Cc2ccc(Cl)cc2)C(=O)N2CCC(Cn3cncn3)(C3CCCCC3)CC2)CCC(Nc2ccccc2)CC1. The Morgan fingerprint density at radius 3 is 2.30 bits per heavy atom. The average molecular weight is 603 g/mol. The van der Waals surface area contributed by atoms with Gasteiger partial charge in [-0.3, -0.25) is 9.48 Å². The lowest BCUT2D eigenvalue weighted by Gasteiger charge is -2.50. The van der Waals surface area contributed by atoms with Gasteiger partial charge in [0.15, 0.2) is 0 Å². The highest BCUT2D eigenvalue weighted by Gasteiger charge is 2.47. The molecule has 1 aliphatic heterocycles. The van der Waals surface area contributed by atoms with Gasteiger partial charge in [0, 0.05) is 41.9 Å². The molecular formula is C35H47ClN6O. The highest BCUT2D eigenvalue weighted by Crippen LogP contribution is 2.47. The number of benzene rings is 2. The maximum Gasteiger partial charge on any atom is 0.227 e. The van der Waals surface area contributed by atoms with E-state index in [4.69, 9.17) is 17.3 Å². The number of aromatic nitrogens is 3. The summed E-state index contributed by atoms with van der Waals surface area (Å²) >= 11 is 6.22. The van der Waals surface area contributed by atoms with Gasteiger partial charge in [0.1, 0.15) is 12.7 Å². The first kappa shape index (κ1) is 30.1. The van der Waals surface area contributed by atoms with Gasteiger partial charge in [-0.15, -0.1) is 0 Å². The summed E-state index contributed by atoms with van der Waals surface area (Å²) in [6.07, 6.45) is 16.3. The van der Waals surface area contributed by atoms with Crippen LogP contribution in [0.25, 0.3) is 0 Å². The molecule has 3 aromatic rings. The number of nitrogens with zero attached hydrogens (tertiary/aromatic N) is 4. The molecule has 7 nitrogen and oxygen atoms in total. The van der Waals surface area contributed by atoms with E-state index in [1.165, 1.54) is 32.1 Å². The minimum atomic E-state index is -0.537. The highest BCUT2D eigenvalue weighted by atomic mass is 35.5. The Hall–Kier alpha value is -2.90. The Balaban J connectivity index is 1.17. The number of halogens is 1. The van der Waals surface area contributed by atoms with Gasteiger partial charge in [-0.2, -0.15) is 5.10 Å². The molecule has 2 aromatic carbocycles. The first-order chi connectivity index (χ1) is 20.9. The Bertz CT molecular complexity index is 1290. The molecule has 0 unspecified atom stereocenters. The molecule has 230 valence electrons. The smallest absolute Gasteiger partial charge is 0.227 e. The van der Waals surface area contributed by atoms with Crippen molar-refractivity contribution in [3.8, 4) is 0 Å². The predicted octanol–water partition coefficient (Wildman–Crippen LogP) is 6.73. The van der Waals surface area contributed by atoms with Crippen LogP contribution in [0.2, 0.25) is 5.02 Å². The van der Waals surface area contributed by atoms with Crippen LogP contribution < -0.4 is 11.1 Å². The molecular weight excluding hydrogens is 556 g/mol. The van der Waals surface area contributed by atoms with Crippen molar-refractivity contribution in [3.05, 3.63) is 77.8 Å². The van der Waals surface area contributed by atoms with Gasteiger partial charge < -0.3 is 16.0 Å². The summed E-state index contributed by atoms with van der Waals surface area (Å²) in [5.74, 6) is 0.648. The molecule has 3 aliphatic rings. The van der Waals surface area contributed by atoms with E-state index in [9.17, 15) is 4.79 Å².